The number of aliphatic hydroxyl groups excluding tert-OH is 1. The maximum atomic E-state index is 10.2. The molecule has 19 heavy (non-hydrogen) atoms. The highest BCUT2D eigenvalue weighted by molar-refractivity contribution is 7.20. The Morgan fingerprint density at radius 3 is 2.79 bits per heavy atom. The van der Waals surface area contributed by atoms with Crippen LogP contribution in [0.5, 0.6) is 0 Å². The standard InChI is InChI=1S/C13H16Cl2N2OS/c1-3-8(2)17-5-4-9(16-17)6-11(18)10-7-12(14)19-13(10)15/h4-5,7-8,11,18H,3,6H2,1-2H3. The predicted molar refractivity (Wildman–Crippen MR) is 80.2 cm³/mol. The number of nitrogens with zero attached hydrogens (tertiary/aromatic N) is 2. The van der Waals surface area contributed by atoms with Crippen LogP contribution in [0, 0.1) is 0 Å². The highest BCUT2D eigenvalue weighted by Gasteiger charge is 2.17. The molecule has 2 aromatic heterocycles. The van der Waals surface area contributed by atoms with Crippen molar-refractivity contribution in [3.05, 3.63) is 38.3 Å². The molecule has 0 fully saturated rings. The first kappa shape index (κ1) is 14.9. The molecule has 2 rings (SSSR count). The molecule has 0 saturated heterocycles. The van der Waals surface area contributed by atoms with Gasteiger partial charge in [0.15, 0.2) is 0 Å². The van der Waals surface area contributed by atoms with Crippen LogP contribution in [0.15, 0.2) is 18.3 Å². The summed E-state index contributed by atoms with van der Waals surface area (Å²) in [4.78, 5) is 0. The summed E-state index contributed by atoms with van der Waals surface area (Å²) in [5, 5.41) is 14.7. The second-order valence-electron chi connectivity index (χ2n) is 4.54. The van der Waals surface area contributed by atoms with Crippen LogP contribution in [-0.4, -0.2) is 14.9 Å². The molecule has 0 aromatic carbocycles. The van der Waals surface area contributed by atoms with Gasteiger partial charge in [0.05, 0.1) is 16.1 Å². The molecule has 2 unspecified atom stereocenters. The van der Waals surface area contributed by atoms with Gasteiger partial charge in [-0.25, -0.2) is 0 Å². The minimum absolute atomic E-state index is 0.366. The molecule has 0 bridgehead atoms. The van der Waals surface area contributed by atoms with Crippen molar-refractivity contribution in [2.45, 2.75) is 38.8 Å². The lowest BCUT2D eigenvalue weighted by Gasteiger charge is -2.09. The summed E-state index contributed by atoms with van der Waals surface area (Å²) in [6.45, 7) is 4.23. The van der Waals surface area contributed by atoms with Crippen molar-refractivity contribution in [2.24, 2.45) is 0 Å². The monoisotopic (exact) mass is 318 g/mol. The van der Waals surface area contributed by atoms with E-state index >= 15 is 0 Å². The quantitative estimate of drug-likeness (QED) is 0.881. The van der Waals surface area contributed by atoms with Crippen molar-refractivity contribution in [3.63, 3.8) is 0 Å². The summed E-state index contributed by atoms with van der Waals surface area (Å²) in [6.07, 6.45) is 2.74. The smallest absolute Gasteiger partial charge is 0.100 e. The third kappa shape index (κ3) is 3.51. The first-order chi connectivity index (χ1) is 9.01. The first-order valence-corrected chi connectivity index (χ1v) is 7.75. The number of hydrogen-bond acceptors (Lipinski definition) is 3. The van der Waals surface area contributed by atoms with Crippen molar-refractivity contribution >= 4 is 34.5 Å². The van der Waals surface area contributed by atoms with Gasteiger partial charge in [0.2, 0.25) is 0 Å². The molecule has 104 valence electrons. The normalized spacial score (nSPS) is 14.6. The fourth-order valence-corrected chi connectivity index (χ4v) is 3.37. The maximum Gasteiger partial charge on any atom is 0.100 e. The summed E-state index contributed by atoms with van der Waals surface area (Å²) < 4.78 is 3.05. The SMILES string of the molecule is CCC(C)n1ccc(CC(O)c2cc(Cl)sc2Cl)n1. The van der Waals surface area contributed by atoms with Crippen molar-refractivity contribution in [1.82, 2.24) is 9.78 Å². The zero-order chi connectivity index (χ0) is 14.0. The van der Waals surface area contributed by atoms with Crippen LogP contribution in [0.3, 0.4) is 0 Å². The van der Waals surface area contributed by atoms with Gasteiger partial charge in [0, 0.05) is 24.2 Å². The molecule has 0 aliphatic carbocycles. The molecule has 0 spiro atoms. The topological polar surface area (TPSA) is 38.0 Å². The lowest BCUT2D eigenvalue weighted by molar-refractivity contribution is 0.177. The van der Waals surface area contributed by atoms with Crippen LogP contribution in [0.2, 0.25) is 8.67 Å². The molecule has 0 aliphatic heterocycles. The molecule has 3 nitrogen and oxygen atoms in total. The summed E-state index contributed by atoms with van der Waals surface area (Å²) >= 11 is 13.2. The number of rotatable bonds is 5. The molecule has 0 radical (unpaired) electrons. The lowest BCUT2D eigenvalue weighted by atomic mass is 10.1. The van der Waals surface area contributed by atoms with Crippen LogP contribution < -0.4 is 0 Å². The van der Waals surface area contributed by atoms with E-state index in [-0.39, 0.29) is 0 Å². The highest BCUT2D eigenvalue weighted by atomic mass is 35.5. The Labute approximate surface area is 126 Å². The number of aromatic nitrogens is 2. The Hall–Kier alpha value is -0.550. The Morgan fingerprint density at radius 1 is 1.47 bits per heavy atom. The fraction of sp³-hybridized carbons (Fsp3) is 0.462. The van der Waals surface area contributed by atoms with Crippen LogP contribution in [-0.2, 0) is 6.42 Å². The van der Waals surface area contributed by atoms with E-state index in [4.69, 9.17) is 23.2 Å². The summed E-state index contributed by atoms with van der Waals surface area (Å²) in [5.41, 5.74) is 1.53. The zero-order valence-corrected chi connectivity index (χ0v) is 13.1. The first-order valence-electron chi connectivity index (χ1n) is 6.18. The summed E-state index contributed by atoms with van der Waals surface area (Å²) in [5.74, 6) is 0. The van der Waals surface area contributed by atoms with Crippen LogP contribution in [0.1, 0.15) is 43.7 Å². The molecular formula is C13H16Cl2N2OS. The van der Waals surface area contributed by atoms with E-state index < -0.39 is 6.10 Å². The summed E-state index contributed by atoms with van der Waals surface area (Å²) in [6, 6.07) is 4.01. The molecule has 0 aliphatic rings. The van der Waals surface area contributed by atoms with E-state index in [1.165, 1.54) is 11.3 Å². The average molecular weight is 319 g/mol. The second-order valence-corrected chi connectivity index (χ2v) is 6.83. The second kappa shape index (κ2) is 6.27. The Bertz CT molecular complexity index is 553. The van der Waals surface area contributed by atoms with E-state index in [9.17, 15) is 5.11 Å². The van der Waals surface area contributed by atoms with Gasteiger partial charge in [-0.15, -0.1) is 11.3 Å². The Kier molecular flexibility index (Phi) is 4.90. The third-order valence-electron chi connectivity index (χ3n) is 3.15. The molecule has 0 amide bonds. The van der Waals surface area contributed by atoms with Gasteiger partial charge in [-0.2, -0.15) is 5.10 Å². The minimum Gasteiger partial charge on any atom is -0.388 e. The van der Waals surface area contributed by atoms with E-state index in [1.807, 2.05) is 16.9 Å². The van der Waals surface area contributed by atoms with Gasteiger partial charge in [0.1, 0.15) is 4.34 Å². The zero-order valence-electron chi connectivity index (χ0n) is 10.8. The third-order valence-corrected chi connectivity index (χ3v) is 4.67. The van der Waals surface area contributed by atoms with Crippen molar-refractivity contribution in [3.8, 4) is 0 Å². The maximum absolute atomic E-state index is 10.2. The molecule has 6 heteroatoms. The van der Waals surface area contributed by atoms with Gasteiger partial charge in [-0.05, 0) is 25.5 Å². The highest BCUT2D eigenvalue weighted by Crippen LogP contribution is 2.35. The fourth-order valence-electron chi connectivity index (χ4n) is 1.81. The van der Waals surface area contributed by atoms with E-state index in [2.05, 4.69) is 18.9 Å². The summed E-state index contributed by atoms with van der Waals surface area (Å²) in [7, 11) is 0. The Morgan fingerprint density at radius 2 is 2.21 bits per heavy atom. The van der Waals surface area contributed by atoms with Crippen LogP contribution in [0.25, 0.3) is 0 Å². The van der Waals surface area contributed by atoms with E-state index in [0.29, 0.717) is 26.7 Å². The van der Waals surface area contributed by atoms with Crippen LogP contribution >= 0.6 is 34.5 Å². The van der Waals surface area contributed by atoms with Crippen molar-refractivity contribution in [1.29, 1.82) is 0 Å². The number of hydrogen-bond donors (Lipinski definition) is 1. The largest absolute Gasteiger partial charge is 0.388 e. The molecular weight excluding hydrogens is 303 g/mol. The van der Waals surface area contributed by atoms with E-state index in [1.54, 1.807) is 6.07 Å². The van der Waals surface area contributed by atoms with Gasteiger partial charge in [-0.3, -0.25) is 4.68 Å². The van der Waals surface area contributed by atoms with E-state index in [0.717, 1.165) is 12.1 Å². The number of thiophene rings is 1. The number of aliphatic hydroxyl groups is 1. The average Bonchev–Trinajstić information content (AvgIpc) is 2.95. The predicted octanol–water partition coefficient (Wildman–Crippen LogP) is 4.50. The van der Waals surface area contributed by atoms with Gasteiger partial charge < -0.3 is 5.11 Å². The van der Waals surface area contributed by atoms with Gasteiger partial charge in [0.25, 0.3) is 0 Å². The number of halogens is 2. The van der Waals surface area contributed by atoms with Gasteiger partial charge in [-0.1, -0.05) is 30.1 Å². The lowest BCUT2D eigenvalue weighted by Crippen LogP contribution is -2.06. The molecule has 0 saturated carbocycles. The minimum atomic E-state index is -0.670. The molecule has 2 heterocycles. The Balaban J connectivity index is 2.08. The molecule has 1 N–H and O–H groups in total. The van der Waals surface area contributed by atoms with Gasteiger partial charge >= 0.3 is 0 Å². The van der Waals surface area contributed by atoms with Crippen molar-refractivity contribution < 1.29 is 5.11 Å². The molecule has 2 aromatic rings. The van der Waals surface area contributed by atoms with Crippen molar-refractivity contribution in [2.75, 3.05) is 0 Å². The van der Waals surface area contributed by atoms with Crippen LogP contribution in [0.4, 0.5) is 0 Å². The molecule has 2 atom stereocenters.